The van der Waals surface area contributed by atoms with Gasteiger partial charge in [-0.3, -0.25) is 0 Å². The Morgan fingerprint density at radius 3 is 2.37 bits per heavy atom. The van der Waals surface area contributed by atoms with Gasteiger partial charge in [0.1, 0.15) is 11.6 Å². The zero-order valence-electron chi connectivity index (χ0n) is 12.8. The maximum Gasteiger partial charge on any atom is 0.135 e. The van der Waals surface area contributed by atoms with Crippen LogP contribution in [0.5, 0.6) is 0 Å². The van der Waals surface area contributed by atoms with Gasteiger partial charge in [-0.25, -0.2) is 9.97 Å². The Morgan fingerprint density at radius 1 is 1.21 bits per heavy atom. The van der Waals surface area contributed by atoms with E-state index in [1.807, 2.05) is 12.3 Å². The van der Waals surface area contributed by atoms with Crippen LogP contribution in [-0.2, 0) is 5.41 Å². The Morgan fingerprint density at radius 2 is 1.84 bits per heavy atom. The molecule has 19 heavy (non-hydrogen) atoms. The first-order valence-corrected chi connectivity index (χ1v) is 7.13. The number of anilines is 1. The third kappa shape index (κ3) is 3.44. The van der Waals surface area contributed by atoms with Crippen molar-refractivity contribution < 1.29 is 0 Å². The smallest absolute Gasteiger partial charge is 0.135 e. The molecule has 0 atom stereocenters. The van der Waals surface area contributed by atoms with E-state index < -0.39 is 0 Å². The topological polar surface area (TPSA) is 32.3 Å². The van der Waals surface area contributed by atoms with Crippen molar-refractivity contribution in [2.75, 3.05) is 32.1 Å². The predicted octanol–water partition coefficient (Wildman–Crippen LogP) is 2.30. The Balaban J connectivity index is 2.08. The fourth-order valence-corrected chi connectivity index (χ4v) is 2.50. The summed E-state index contributed by atoms with van der Waals surface area (Å²) in [7, 11) is 4.34. The van der Waals surface area contributed by atoms with E-state index in [0.717, 1.165) is 24.7 Å². The lowest BCUT2D eigenvalue weighted by molar-refractivity contribution is 0.249. The highest BCUT2D eigenvalue weighted by atomic mass is 15.2. The molecule has 106 valence electrons. The fourth-order valence-electron chi connectivity index (χ4n) is 2.50. The molecular formula is C15H26N4. The summed E-state index contributed by atoms with van der Waals surface area (Å²) >= 11 is 0. The first-order valence-electron chi connectivity index (χ1n) is 7.13. The highest BCUT2D eigenvalue weighted by molar-refractivity contribution is 5.38. The molecule has 1 aliphatic rings. The van der Waals surface area contributed by atoms with Crippen molar-refractivity contribution in [1.29, 1.82) is 0 Å². The lowest BCUT2D eigenvalue weighted by Gasteiger charge is -2.36. The van der Waals surface area contributed by atoms with Gasteiger partial charge >= 0.3 is 0 Å². The van der Waals surface area contributed by atoms with Crippen molar-refractivity contribution in [3.63, 3.8) is 0 Å². The van der Waals surface area contributed by atoms with Gasteiger partial charge in [-0.1, -0.05) is 20.8 Å². The number of hydrogen-bond donors (Lipinski definition) is 0. The quantitative estimate of drug-likeness (QED) is 0.818. The minimum atomic E-state index is 0.0119. The van der Waals surface area contributed by atoms with Gasteiger partial charge in [-0.15, -0.1) is 0 Å². The van der Waals surface area contributed by atoms with Crippen LogP contribution >= 0.6 is 0 Å². The maximum absolute atomic E-state index is 4.74. The lowest BCUT2D eigenvalue weighted by atomic mass is 9.96. The van der Waals surface area contributed by atoms with Crippen LogP contribution in [0.3, 0.4) is 0 Å². The molecule has 1 fully saturated rings. The van der Waals surface area contributed by atoms with E-state index in [1.165, 1.54) is 12.8 Å². The van der Waals surface area contributed by atoms with Gasteiger partial charge in [0.25, 0.3) is 0 Å². The Kier molecular flexibility index (Phi) is 4.09. The first kappa shape index (κ1) is 14.3. The number of hydrogen-bond acceptors (Lipinski definition) is 4. The van der Waals surface area contributed by atoms with Gasteiger partial charge in [0, 0.05) is 30.7 Å². The van der Waals surface area contributed by atoms with Crippen molar-refractivity contribution in [3.8, 4) is 0 Å². The van der Waals surface area contributed by atoms with Crippen molar-refractivity contribution in [2.45, 2.75) is 45.1 Å². The summed E-state index contributed by atoms with van der Waals surface area (Å²) in [6, 6.07) is 2.74. The number of piperidine rings is 1. The van der Waals surface area contributed by atoms with Gasteiger partial charge in [0.15, 0.2) is 0 Å². The second-order valence-corrected chi connectivity index (χ2v) is 6.67. The van der Waals surface area contributed by atoms with E-state index in [2.05, 4.69) is 49.7 Å². The molecular weight excluding hydrogens is 236 g/mol. The number of rotatable bonds is 2. The summed E-state index contributed by atoms with van der Waals surface area (Å²) in [4.78, 5) is 13.9. The molecule has 0 bridgehead atoms. The van der Waals surface area contributed by atoms with Crippen LogP contribution in [0, 0.1) is 0 Å². The molecule has 1 aromatic heterocycles. The molecule has 0 radical (unpaired) electrons. The second-order valence-electron chi connectivity index (χ2n) is 6.67. The standard InChI is InChI=1S/C15H26N4/c1-15(2,3)14-16-9-6-13(17-14)19-10-7-12(8-11-19)18(4)5/h6,9,12H,7-8,10-11H2,1-5H3. The van der Waals surface area contributed by atoms with Crippen LogP contribution in [0.15, 0.2) is 12.3 Å². The minimum Gasteiger partial charge on any atom is -0.356 e. The SMILES string of the molecule is CN(C)C1CCN(c2ccnc(C(C)(C)C)n2)CC1. The van der Waals surface area contributed by atoms with Gasteiger partial charge in [0.05, 0.1) is 0 Å². The lowest BCUT2D eigenvalue weighted by Crippen LogP contribution is -2.42. The van der Waals surface area contributed by atoms with E-state index in [1.54, 1.807) is 0 Å². The van der Waals surface area contributed by atoms with E-state index in [0.29, 0.717) is 6.04 Å². The molecule has 0 unspecified atom stereocenters. The third-order valence-electron chi connectivity index (χ3n) is 3.83. The minimum absolute atomic E-state index is 0.0119. The average Bonchev–Trinajstić information content (AvgIpc) is 2.38. The summed E-state index contributed by atoms with van der Waals surface area (Å²) < 4.78 is 0. The van der Waals surface area contributed by atoms with Crippen LogP contribution in [0.2, 0.25) is 0 Å². The molecule has 0 spiro atoms. The first-order chi connectivity index (χ1) is 8.88. The average molecular weight is 262 g/mol. The van der Waals surface area contributed by atoms with Gasteiger partial charge < -0.3 is 9.80 Å². The van der Waals surface area contributed by atoms with E-state index in [9.17, 15) is 0 Å². The summed E-state index contributed by atoms with van der Waals surface area (Å²) in [5, 5.41) is 0. The molecule has 0 saturated carbocycles. The van der Waals surface area contributed by atoms with Crippen LogP contribution < -0.4 is 4.90 Å². The van der Waals surface area contributed by atoms with Crippen molar-refractivity contribution in [3.05, 3.63) is 18.1 Å². The summed E-state index contributed by atoms with van der Waals surface area (Å²) in [6.45, 7) is 8.64. The second kappa shape index (κ2) is 5.45. The highest BCUT2D eigenvalue weighted by Crippen LogP contribution is 2.23. The van der Waals surface area contributed by atoms with Crippen molar-refractivity contribution in [2.24, 2.45) is 0 Å². The predicted molar refractivity (Wildman–Crippen MR) is 79.7 cm³/mol. The van der Waals surface area contributed by atoms with Crippen LogP contribution in [-0.4, -0.2) is 48.1 Å². The highest BCUT2D eigenvalue weighted by Gasteiger charge is 2.23. The van der Waals surface area contributed by atoms with Crippen LogP contribution in [0.25, 0.3) is 0 Å². The molecule has 1 aromatic rings. The molecule has 4 heteroatoms. The molecule has 0 N–H and O–H groups in total. The molecule has 0 amide bonds. The van der Waals surface area contributed by atoms with Crippen molar-refractivity contribution >= 4 is 5.82 Å². The summed E-state index contributed by atoms with van der Waals surface area (Å²) in [5.74, 6) is 2.01. The molecule has 0 aliphatic carbocycles. The van der Waals surface area contributed by atoms with Crippen molar-refractivity contribution in [1.82, 2.24) is 14.9 Å². The number of aromatic nitrogens is 2. The molecule has 4 nitrogen and oxygen atoms in total. The summed E-state index contributed by atoms with van der Waals surface area (Å²) in [5.41, 5.74) is 0.0119. The van der Waals surface area contributed by atoms with Crippen LogP contribution in [0.4, 0.5) is 5.82 Å². The molecule has 1 saturated heterocycles. The molecule has 2 heterocycles. The Bertz CT molecular complexity index is 414. The Labute approximate surface area is 116 Å². The summed E-state index contributed by atoms with van der Waals surface area (Å²) in [6.07, 6.45) is 4.31. The zero-order chi connectivity index (χ0) is 14.0. The van der Waals surface area contributed by atoms with Crippen LogP contribution in [0.1, 0.15) is 39.4 Å². The monoisotopic (exact) mass is 262 g/mol. The van der Waals surface area contributed by atoms with Gasteiger partial charge in [0.2, 0.25) is 0 Å². The maximum atomic E-state index is 4.74. The zero-order valence-corrected chi connectivity index (χ0v) is 12.8. The number of nitrogens with zero attached hydrogens (tertiary/aromatic N) is 4. The van der Waals surface area contributed by atoms with E-state index in [-0.39, 0.29) is 5.41 Å². The largest absolute Gasteiger partial charge is 0.356 e. The van der Waals surface area contributed by atoms with Gasteiger partial charge in [-0.05, 0) is 33.0 Å². The van der Waals surface area contributed by atoms with E-state index in [4.69, 9.17) is 4.98 Å². The third-order valence-corrected chi connectivity index (χ3v) is 3.83. The molecule has 2 rings (SSSR count). The molecule has 0 aromatic carbocycles. The van der Waals surface area contributed by atoms with Gasteiger partial charge in [-0.2, -0.15) is 0 Å². The Hall–Kier alpha value is -1.16. The normalized spacial score (nSPS) is 18.1. The van der Waals surface area contributed by atoms with E-state index >= 15 is 0 Å². The molecule has 1 aliphatic heterocycles. The fraction of sp³-hybridized carbons (Fsp3) is 0.733.